The summed E-state index contributed by atoms with van der Waals surface area (Å²) in [6.45, 7) is 6.26. The van der Waals surface area contributed by atoms with E-state index in [0.29, 0.717) is 12.1 Å². The van der Waals surface area contributed by atoms with Crippen molar-refractivity contribution in [2.24, 2.45) is 0 Å². The Morgan fingerprint density at radius 2 is 2.40 bits per heavy atom. The number of amides is 1. The number of anilines is 1. The number of carbonyl (C=O) groups is 1. The van der Waals surface area contributed by atoms with Crippen LogP contribution in [0.3, 0.4) is 0 Å². The van der Waals surface area contributed by atoms with Gasteiger partial charge in [0, 0.05) is 26.7 Å². The smallest absolute Gasteiger partial charge is 0.258 e. The van der Waals surface area contributed by atoms with Crippen molar-refractivity contribution in [2.45, 2.75) is 39.2 Å². The minimum atomic E-state index is 0.0744. The predicted octanol–water partition coefficient (Wildman–Crippen LogP) is 2.52. The summed E-state index contributed by atoms with van der Waals surface area (Å²) in [4.78, 5) is 14.6. The first kappa shape index (κ1) is 15.3. The van der Waals surface area contributed by atoms with Crippen LogP contribution in [0.1, 0.15) is 42.2 Å². The third kappa shape index (κ3) is 3.30. The maximum atomic E-state index is 12.7. The van der Waals surface area contributed by atoms with Gasteiger partial charge in [0.2, 0.25) is 0 Å². The Morgan fingerprint density at radius 1 is 1.60 bits per heavy atom. The number of likely N-dealkylation sites (tertiary alicyclic amines) is 1. The Balaban J connectivity index is 2.06. The number of rotatable bonds is 5. The first-order valence-corrected chi connectivity index (χ1v) is 7.99. The van der Waals surface area contributed by atoms with Gasteiger partial charge in [0.25, 0.3) is 5.91 Å². The van der Waals surface area contributed by atoms with Crippen LogP contribution in [0, 0.1) is 6.92 Å². The van der Waals surface area contributed by atoms with Gasteiger partial charge in [0.1, 0.15) is 5.00 Å². The van der Waals surface area contributed by atoms with E-state index < -0.39 is 0 Å². The van der Waals surface area contributed by atoms with E-state index in [2.05, 4.69) is 16.6 Å². The van der Waals surface area contributed by atoms with Crippen molar-refractivity contribution in [2.75, 3.05) is 32.1 Å². The molecule has 1 saturated heterocycles. The Labute approximate surface area is 124 Å². The van der Waals surface area contributed by atoms with Gasteiger partial charge < -0.3 is 15.0 Å². The van der Waals surface area contributed by atoms with Crippen LogP contribution in [0.2, 0.25) is 0 Å². The zero-order valence-corrected chi connectivity index (χ0v) is 13.3. The molecule has 2 heterocycles. The van der Waals surface area contributed by atoms with Crippen molar-refractivity contribution in [1.29, 1.82) is 0 Å². The molecule has 1 aliphatic heterocycles. The molecule has 2 rings (SSSR count). The lowest BCUT2D eigenvalue weighted by Crippen LogP contribution is -2.43. The van der Waals surface area contributed by atoms with E-state index in [4.69, 9.17) is 4.74 Å². The highest BCUT2D eigenvalue weighted by molar-refractivity contribution is 7.10. The molecule has 0 saturated carbocycles. The van der Waals surface area contributed by atoms with E-state index in [9.17, 15) is 4.79 Å². The van der Waals surface area contributed by atoms with Crippen molar-refractivity contribution in [1.82, 2.24) is 9.27 Å². The van der Waals surface area contributed by atoms with Crippen molar-refractivity contribution < 1.29 is 9.53 Å². The highest BCUT2D eigenvalue weighted by Gasteiger charge is 2.28. The molecule has 1 aromatic heterocycles. The van der Waals surface area contributed by atoms with Crippen LogP contribution in [0.5, 0.6) is 0 Å². The average Bonchev–Trinajstić information content (AvgIpc) is 2.85. The number of nitrogens with zero attached hydrogens (tertiary/aromatic N) is 2. The zero-order chi connectivity index (χ0) is 14.5. The topological polar surface area (TPSA) is 54.5 Å². The molecule has 6 heteroatoms. The van der Waals surface area contributed by atoms with Crippen LogP contribution in [0.25, 0.3) is 0 Å². The predicted molar refractivity (Wildman–Crippen MR) is 81.6 cm³/mol. The molecule has 0 bridgehead atoms. The Morgan fingerprint density at radius 3 is 3.10 bits per heavy atom. The molecule has 20 heavy (non-hydrogen) atoms. The maximum Gasteiger partial charge on any atom is 0.258 e. The lowest BCUT2D eigenvalue weighted by molar-refractivity contribution is 0.00212. The number of ether oxygens (including phenoxy) is 1. The molecule has 1 N–H and O–H groups in total. The second-order valence-electron chi connectivity index (χ2n) is 5.11. The minimum Gasteiger partial charge on any atom is -0.378 e. The number of piperidine rings is 1. The van der Waals surface area contributed by atoms with Crippen molar-refractivity contribution >= 4 is 22.4 Å². The normalized spacial score (nSPS) is 19.1. The van der Waals surface area contributed by atoms with Gasteiger partial charge in [-0.25, -0.2) is 0 Å². The van der Waals surface area contributed by atoms with Gasteiger partial charge in [-0.05, 0) is 37.7 Å². The largest absolute Gasteiger partial charge is 0.378 e. The molecule has 1 fully saturated rings. The maximum absolute atomic E-state index is 12.7. The molecule has 1 atom stereocenters. The van der Waals surface area contributed by atoms with Gasteiger partial charge in [-0.1, -0.05) is 6.92 Å². The number of hydrogen-bond acceptors (Lipinski definition) is 5. The number of carbonyl (C=O) groups excluding carboxylic acids is 1. The van der Waals surface area contributed by atoms with Gasteiger partial charge >= 0.3 is 0 Å². The fraction of sp³-hybridized carbons (Fsp3) is 0.714. The highest BCUT2D eigenvalue weighted by atomic mass is 32.1. The first-order valence-electron chi connectivity index (χ1n) is 7.22. The molecule has 5 nitrogen and oxygen atoms in total. The van der Waals surface area contributed by atoms with Crippen LogP contribution < -0.4 is 5.32 Å². The number of aryl methyl sites for hydroxylation is 1. The summed E-state index contributed by atoms with van der Waals surface area (Å²) in [6.07, 6.45) is 3.24. The van der Waals surface area contributed by atoms with E-state index in [0.717, 1.165) is 43.1 Å². The Kier molecular flexibility index (Phi) is 5.37. The van der Waals surface area contributed by atoms with Gasteiger partial charge in [0.05, 0.1) is 17.4 Å². The van der Waals surface area contributed by atoms with Crippen molar-refractivity contribution in [3.8, 4) is 0 Å². The number of nitrogens with one attached hydrogen (secondary N) is 1. The summed E-state index contributed by atoms with van der Waals surface area (Å²) in [6, 6.07) is 0. The molecular weight excluding hydrogens is 274 g/mol. The molecule has 0 spiro atoms. The lowest BCUT2D eigenvalue weighted by Gasteiger charge is -2.32. The molecule has 1 aliphatic rings. The summed E-state index contributed by atoms with van der Waals surface area (Å²) < 4.78 is 10.1. The summed E-state index contributed by atoms with van der Waals surface area (Å²) in [5, 5.41) is 3.91. The molecule has 0 radical (unpaired) electrons. The van der Waals surface area contributed by atoms with E-state index in [1.807, 2.05) is 18.9 Å². The molecule has 0 aliphatic carbocycles. The second kappa shape index (κ2) is 7.04. The molecular formula is C14H23N3O2S. The third-order valence-corrected chi connectivity index (χ3v) is 4.48. The van der Waals surface area contributed by atoms with Gasteiger partial charge in [-0.2, -0.15) is 4.37 Å². The third-order valence-electron chi connectivity index (χ3n) is 3.53. The van der Waals surface area contributed by atoms with Gasteiger partial charge in [-0.3, -0.25) is 4.79 Å². The van der Waals surface area contributed by atoms with Crippen LogP contribution in [-0.2, 0) is 4.74 Å². The number of hydrogen-bond donors (Lipinski definition) is 1. The zero-order valence-electron chi connectivity index (χ0n) is 12.4. The summed E-state index contributed by atoms with van der Waals surface area (Å²) in [5.41, 5.74) is 1.52. The summed E-state index contributed by atoms with van der Waals surface area (Å²) in [7, 11) is 1.83. The lowest BCUT2D eigenvalue weighted by atomic mass is 10.1. The van der Waals surface area contributed by atoms with Gasteiger partial charge in [0.15, 0.2) is 0 Å². The van der Waals surface area contributed by atoms with Crippen molar-refractivity contribution in [3.05, 3.63) is 11.3 Å². The molecule has 1 unspecified atom stereocenters. The fourth-order valence-electron chi connectivity index (χ4n) is 2.49. The van der Waals surface area contributed by atoms with Crippen LogP contribution in [-0.4, -0.2) is 48.0 Å². The van der Waals surface area contributed by atoms with E-state index in [1.165, 1.54) is 11.5 Å². The van der Waals surface area contributed by atoms with Crippen LogP contribution in [0.4, 0.5) is 5.00 Å². The SMILES string of the molecule is CCCOC1CCCN(C(=O)c2c(C)nsc2NC)C1. The van der Waals surface area contributed by atoms with Crippen LogP contribution in [0.15, 0.2) is 0 Å². The first-order chi connectivity index (χ1) is 9.67. The van der Waals surface area contributed by atoms with Crippen molar-refractivity contribution in [3.63, 3.8) is 0 Å². The summed E-state index contributed by atoms with van der Waals surface area (Å²) >= 11 is 1.34. The minimum absolute atomic E-state index is 0.0744. The quantitative estimate of drug-likeness (QED) is 0.907. The molecule has 1 amide bonds. The van der Waals surface area contributed by atoms with Gasteiger partial charge in [-0.15, -0.1) is 0 Å². The Bertz CT molecular complexity index is 461. The molecule has 0 aromatic carbocycles. The highest BCUT2D eigenvalue weighted by Crippen LogP contribution is 2.26. The second-order valence-corrected chi connectivity index (χ2v) is 5.88. The van der Waals surface area contributed by atoms with E-state index in [-0.39, 0.29) is 12.0 Å². The fourth-order valence-corrected chi connectivity index (χ4v) is 3.23. The number of aromatic nitrogens is 1. The standard InChI is InChI=1S/C14H23N3O2S/c1-4-8-19-11-6-5-7-17(9-11)14(18)12-10(2)16-20-13(12)15-3/h11,15H,4-9H2,1-3H3. The average molecular weight is 297 g/mol. The Hall–Kier alpha value is -1.14. The van der Waals surface area contributed by atoms with E-state index in [1.54, 1.807) is 0 Å². The summed E-state index contributed by atoms with van der Waals surface area (Å²) in [5.74, 6) is 0.0744. The van der Waals surface area contributed by atoms with Crippen LogP contribution >= 0.6 is 11.5 Å². The molecule has 1 aromatic rings. The molecule has 112 valence electrons. The monoisotopic (exact) mass is 297 g/mol. The van der Waals surface area contributed by atoms with E-state index >= 15 is 0 Å².